The summed E-state index contributed by atoms with van der Waals surface area (Å²) in [6.45, 7) is 1.21. The van der Waals surface area contributed by atoms with Crippen LogP contribution in [0.25, 0.3) is 0 Å². The number of halogens is 1. The molecule has 2 aromatic carbocycles. The molecule has 9 heteroatoms. The number of Topliss-reactive ketones (excluding diaryl/α,β-unsaturated/α-hetero) is 1. The minimum Gasteiger partial charge on any atom is -0.503 e. The van der Waals surface area contributed by atoms with Crippen LogP contribution < -0.4 is 10.0 Å². The summed E-state index contributed by atoms with van der Waals surface area (Å²) in [6.07, 6.45) is 0. The third-order valence-electron chi connectivity index (χ3n) is 4.22. The fraction of sp³-hybridized carbons (Fsp3) is 0.111. The maximum Gasteiger partial charge on any atom is 0.294 e. The van der Waals surface area contributed by atoms with Crippen molar-refractivity contribution in [3.8, 4) is 0 Å². The second kappa shape index (κ2) is 6.60. The molecule has 0 spiro atoms. The van der Waals surface area contributed by atoms with E-state index in [1.807, 2.05) is 0 Å². The molecule has 3 N–H and O–H groups in total. The molecule has 140 valence electrons. The van der Waals surface area contributed by atoms with Crippen molar-refractivity contribution in [1.82, 2.24) is 0 Å². The molecule has 0 aliphatic carbocycles. The number of hydrogen-bond donors (Lipinski definition) is 2. The first-order chi connectivity index (χ1) is 12.6. The summed E-state index contributed by atoms with van der Waals surface area (Å²) in [4.78, 5) is 25.6. The van der Waals surface area contributed by atoms with Crippen LogP contribution in [-0.2, 0) is 19.6 Å². The van der Waals surface area contributed by atoms with Crippen LogP contribution >= 0.6 is 0 Å². The molecule has 0 saturated heterocycles. The van der Waals surface area contributed by atoms with Gasteiger partial charge in [-0.25, -0.2) is 17.9 Å². The Morgan fingerprint density at radius 1 is 1.11 bits per heavy atom. The van der Waals surface area contributed by atoms with Crippen LogP contribution in [0.3, 0.4) is 0 Å². The van der Waals surface area contributed by atoms with Gasteiger partial charge in [0.15, 0.2) is 11.5 Å². The van der Waals surface area contributed by atoms with Crippen molar-refractivity contribution in [2.75, 3.05) is 4.90 Å². The number of nitrogens with two attached hydrogens (primary N) is 1. The highest BCUT2D eigenvalue weighted by Crippen LogP contribution is 2.41. The number of ketones is 1. The SMILES string of the molecule is CC(=O)C1=C(O)C(=O)N(c2ccc(S(N)(=O)=O)cc2)[C@H]1c1ccc(F)cc1. The monoisotopic (exact) mass is 390 g/mol. The highest BCUT2D eigenvalue weighted by Gasteiger charge is 2.43. The molecule has 2 aromatic rings. The maximum atomic E-state index is 13.3. The largest absolute Gasteiger partial charge is 0.503 e. The van der Waals surface area contributed by atoms with Gasteiger partial charge in [0.25, 0.3) is 5.91 Å². The van der Waals surface area contributed by atoms with Crippen LogP contribution in [0.5, 0.6) is 0 Å². The molecule has 0 aromatic heterocycles. The van der Waals surface area contributed by atoms with Crippen LogP contribution in [0, 0.1) is 5.82 Å². The van der Waals surface area contributed by atoms with Gasteiger partial charge < -0.3 is 5.11 Å². The summed E-state index contributed by atoms with van der Waals surface area (Å²) < 4.78 is 36.1. The van der Waals surface area contributed by atoms with Crippen LogP contribution in [0.4, 0.5) is 10.1 Å². The molecule has 1 aliphatic rings. The van der Waals surface area contributed by atoms with Crippen molar-refractivity contribution in [2.24, 2.45) is 5.14 Å². The molecule has 0 radical (unpaired) electrons. The average Bonchev–Trinajstić information content (AvgIpc) is 2.86. The Kier molecular flexibility index (Phi) is 4.58. The van der Waals surface area contributed by atoms with E-state index < -0.39 is 39.3 Å². The quantitative estimate of drug-likeness (QED) is 0.827. The summed E-state index contributed by atoms with van der Waals surface area (Å²) in [5.74, 6) is -2.53. The van der Waals surface area contributed by atoms with Gasteiger partial charge >= 0.3 is 0 Å². The zero-order valence-corrected chi connectivity index (χ0v) is 14.9. The van der Waals surface area contributed by atoms with Crippen LogP contribution in [0.1, 0.15) is 18.5 Å². The molecule has 1 amide bonds. The van der Waals surface area contributed by atoms with E-state index in [2.05, 4.69) is 0 Å². The second-order valence-electron chi connectivity index (χ2n) is 5.99. The lowest BCUT2D eigenvalue weighted by Crippen LogP contribution is -2.30. The van der Waals surface area contributed by atoms with Crippen LogP contribution in [-0.4, -0.2) is 25.2 Å². The first-order valence-corrected chi connectivity index (χ1v) is 9.32. The lowest BCUT2D eigenvalue weighted by molar-refractivity contribution is -0.117. The van der Waals surface area contributed by atoms with Gasteiger partial charge in [-0.2, -0.15) is 0 Å². The van der Waals surface area contributed by atoms with Crippen LogP contribution in [0.2, 0.25) is 0 Å². The van der Waals surface area contributed by atoms with Crippen molar-refractivity contribution in [1.29, 1.82) is 0 Å². The number of anilines is 1. The molecule has 0 unspecified atom stereocenters. The molecule has 0 saturated carbocycles. The number of aliphatic hydroxyl groups is 1. The van der Waals surface area contributed by atoms with E-state index in [0.29, 0.717) is 5.56 Å². The third-order valence-corrected chi connectivity index (χ3v) is 5.15. The summed E-state index contributed by atoms with van der Waals surface area (Å²) in [5.41, 5.74) is 0.529. The smallest absolute Gasteiger partial charge is 0.294 e. The van der Waals surface area contributed by atoms with E-state index >= 15 is 0 Å². The van der Waals surface area contributed by atoms with Gasteiger partial charge in [-0.3, -0.25) is 14.5 Å². The minimum atomic E-state index is -3.92. The van der Waals surface area contributed by atoms with Gasteiger partial charge in [0.05, 0.1) is 16.5 Å². The van der Waals surface area contributed by atoms with E-state index in [0.717, 1.165) is 4.90 Å². The zero-order chi connectivity index (χ0) is 19.9. The van der Waals surface area contributed by atoms with Crippen LogP contribution in [0.15, 0.2) is 64.8 Å². The highest BCUT2D eigenvalue weighted by atomic mass is 32.2. The number of benzene rings is 2. The molecule has 0 bridgehead atoms. The summed E-state index contributed by atoms with van der Waals surface area (Å²) in [5, 5.41) is 15.3. The molecule has 1 aliphatic heterocycles. The first-order valence-electron chi connectivity index (χ1n) is 7.77. The number of primary sulfonamides is 1. The Morgan fingerprint density at radius 3 is 2.15 bits per heavy atom. The van der Waals surface area contributed by atoms with Crippen molar-refractivity contribution in [3.05, 3.63) is 71.2 Å². The Labute approximate surface area is 154 Å². The Bertz CT molecular complexity index is 1060. The number of carbonyl (C=O) groups is 2. The molecule has 27 heavy (non-hydrogen) atoms. The van der Waals surface area contributed by atoms with Gasteiger partial charge in [0.2, 0.25) is 10.0 Å². The fourth-order valence-corrected chi connectivity index (χ4v) is 3.50. The molecular weight excluding hydrogens is 375 g/mol. The predicted octanol–water partition coefficient (Wildman–Crippen LogP) is 1.96. The number of nitrogens with zero attached hydrogens (tertiary/aromatic N) is 1. The molecule has 1 atom stereocenters. The predicted molar refractivity (Wildman–Crippen MR) is 94.8 cm³/mol. The van der Waals surface area contributed by atoms with Crippen molar-refractivity contribution in [3.63, 3.8) is 0 Å². The number of amides is 1. The molecule has 3 rings (SSSR count). The number of hydrogen-bond acceptors (Lipinski definition) is 5. The van der Waals surface area contributed by atoms with Crippen molar-refractivity contribution >= 4 is 27.4 Å². The van der Waals surface area contributed by atoms with E-state index in [4.69, 9.17) is 5.14 Å². The van der Waals surface area contributed by atoms with Gasteiger partial charge in [-0.1, -0.05) is 12.1 Å². The molecular formula is C18H15FN2O5S. The topological polar surface area (TPSA) is 118 Å². The molecule has 1 heterocycles. The summed E-state index contributed by atoms with van der Waals surface area (Å²) in [6, 6.07) is 9.28. The van der Waals surface area contributed by atoms with E-state index in [-0.39, 0.29) is 16.2 Å². The summed E-state index contributed by atoms with van der Waals surface area (Å²) >= 11 is 0. The molecule has 7 nitrogen and oxygen atoms in total. The Balaban J connectivity index is 2.14. The number of aliphatic hydroxyl groups excluding tert-OH is 1. The number of rotatable bonds is 4. The minimum absolute atomic E-state index is 0.123. The highest BCUT2D eigenvalue weighted by molar-refractivity contribution is 7.89. The van der Waals surface area contributed by atoms with Gasteiger partial charge in [-0.15, -0.1) is 0 Å². The Hall–Kier alpha value is -3.04. The van der Waals surface area contributed by atoms with Crippen molar-refractivity contribution < 1.29 is 27.5 Å². The first kappa shape index (κ1) is 18.7. The lowest BCUT2D eigenvalue weighted by Gasteiger charge is -2.26. The maximum absolute atomic E-state index is 13.3. The number of carbonyl (C=O) groups excluding carboxylic acids is 2. The van der Waals surface area contributed by atoms with Gasteiger partial charge in [0, 0.05) is 5.69 Å². The summed E-state index contributed by atoms with van der Waals surface area (Å²) in [7, 11) is -3.92. The van der Waals surface area contributed by atoms with E-state index in [1.54, 1.807) is 0 Å². The van der Waals surface area contributed by atoms with Crippen molar-refractivity contribution in [2.45, 2.75) is 17.9 Å². The zero-order valence-electron chi connectivity index (χ0n) is 14.1. The second-order valence-corrected chi connectivity index (χ2v) is 7.55. The Morgan fingerprint density at radius 2 is 1.67 bits per heavy atom. The number of sulfonamides is 1. The van der Waals surface area contributed by atoms with Gasteiger partial charge in [-0.05, 0) is 48.9 Å². The average molecular weight is 390 g/mol. The fourth-order valence-electron chi connectivity index (χ4n) is 2.99. The van der Waals surface area contributed by atoms with E-state index in [9.17, 15) is 27.5 Å². The third kappa shape index (κ3) is 3.34. The van der Waals surface area contributed by atoms with Gasteiger partial charge in [0.1, 0.15) is 5.82 Å². The standard InChI is InChI=1S/C18H15FN2O5S/c1-10(22)15-16(11-2-4-12(19)5-3-11)21(18(24)17(15)23)13-6-8-14(9-7-13)27(20,25)26/h2-9,16,23H,1H3,(H2,20,25,26)/t16-/m0/s1. The van der Waals surface area contributed by atoms with E-state index in [1.165, 1.54) is 55.5 Å². The lowest BCUT2D eigenvalue weighted by atomic mass is 9.96. The molecule has 0 fully saturated rings. The normalized spacial score (nSPS) is 17.5.